The Morgan fingerprint density at radius 2 is 1.81 bits per heavy atom. The van der Waals surface area contributed by atoms with Crippen molar-refractivity contribution in [2.75, 3.05) is 25.0 Å². The van der Waals surface area contributed by atoms with E-state index in [2.05, 4.69) is 29.9 Å². The number of sulfonamides is 1. The molecular weight excluding hydrogens is 498 g/mol. The van der Waals surface area contributed by atoms with Crippen molar-refractivity contribution >= 4 is 16.0 Å². The lowest BCUT2D eigenvalue weighted by Gasteiger charge is -2.28. The van der Waals surface area contributed by atoms with Crippen LogP contribution in [-0.2, 0) is 19.5 Å². The first-order valence-corrected chi connectivity index (χ1v) is 13.7. The fraction of sp³-hybridized carbons (Fsp3) is 0.542. The standard InChI is InChI=1S/C24H33N7O5S/c1-15(2)36-21(22-25-13-16(3)14-26-22)17(4)37(32,33)30-24-29-28-23(19-7-6-8-20(27-19)34-5)31(24)18-9-11-35-12-10-18/h6-8,13-15,17-18,21H,9-12H2,1-5H3,(H,29,30). The summed E-state index contributed by atoms with van der Waals surface area (Å²) in [5.74, 6) is 1.25. The van der Waals surface area contributed by atoms with Gasteiger partial charge >= 0.3 is 0 Å². The van der Waals surface area contributed by atoms with Crippen LogP contribution in [-0.4, -0.2) is 69.8 Å². The lowest BCUT2D eigenvalue weighted by atomic mass is 10.1. The van der Waals surface area contributed by atoms with E-state index in [1.807, 2.05) is 20.8 Å². The van der Waals surface area contributed by atoms with Crippen molar-refractivity contribution in [1.29, 1.82) is 0 Å². The highest BCUT2D eigenvalue weighted by molar-refractivity contribution is 7.93. The van der Waals surface area contributed by atoms with Gasteiger partial charge in [-0.15, -0.1) is 10.2 Å². The Morgan fingerprint density at radius 1 is 1.11 bits per heavy atom. The third kappa shape index (κ3) is 6.22. The maximum absolute atomic E-state index is 13.7. The van der Waals surface area contributed by atoms with Gasteiger partial charge in [0.25, 0.3) is 0 Å². The maximum Gasteiger partial charge on any atom is 0.240 e. The van der Waals surface area contributed by atoms with Crippen LogP contribution in [0.3, 0.4) is 0 Å². The van der Waals surface area contributed by atoms with Crippen LogP contribution in [0.5, 0.6) is 5.88 Å². The van der Waals surface area contributed by atoms with E-state index in [-0.39, 0.29) is 18.1 Å². The summed E-state index contributed by atoms with van der Waals surface area (Å²) in [5.41, 5.74) is 1.38. The van der Waals surface area contributed by atoms with E-state index in [1.165, 1.54) is 7.11 Å². The third-order valence-electron chi connectivity index (χ3n) is 6.04. The summed E-state index contributed by atoms with van der Waals surface area (Å²) in [5, 5.41) is 7.51. The van der Waals surface area contributed by atoms with Crippen molar-refractivity contribution in [2.24, 2.45) is 0 Å². The van der Waals surface area contributed by atoms with Crippen LogP contribution in [0.15, 0.2) is 30.6 Å². The Kier molecular flexibility index (Phi) is 8.35. The van der Waals surface area contributed by atoms with Crippen LogP contribution < -0.4 is 9.46 Å². The van der Waals surface area contributed by atoms with Crippen LogP contribution in [0, 0.1) is 6.92 Å². The minimum atomic E-state index is -4.01. The molecule has 0 bridgehead atoms. The molecule has 200 valence electrons. The number of aryl methyl sites for hydroxylation is 1. The number of rotatable bonds is 10. The predicted octanol–water partition coefficient (Wildman–Crippen LogP) is 3.10. The van der Waals surface area contributed by atoms with E-state index in [4.69, 9.17) is 14.2 Å². The van der Waals surface area contributed by atoms with Gasteiger partial charge in [0.05, 0.1) is 13.2 Å². The molecular formula is C24H33N7O5S. The van der Waals surface area contributed by atoms with Crippen molar-refractivity contribution in [3.8, 4) is 17.4 Å². The Labute approximate surface area is 216 Å². The molecule has 2 unspecified atom stereocenters. The van der Waals surface area contributed by atoms with E-state index in [1.54, 1.807) is 42.1 Å². The SMILES string of the molecule is COc1cccc(-c2nnc(NS(=O)(=O)C(C)C(OC(C)C)c3ncc(C)cn3)n2C2CCOCC2)n1. The summed E-state index contributed by atoms with van der Waals surface area (Å²) < 4.78 is 48.5. The number of anilines is 1. The smallest absolute Gasteiger partial charge is 0.240 e. The van der Waals surface area contributed by atoms with Crippen LogP contribution >= 0.6 is 0 Å². The van der Waals surface area contributed by atoms with Gasteiger partial charge in [-0.3, -0.25) is 9.29 Å². The van der Waals surface area contributed by atoms with Crippen LogP contribution in [0.4, 0.5) is 5.95 Å². The van der Waals surface area contributed by atoms with Gasteiger partial charge in [0, 0.05) is 37.7 Å². The minimum Gasteiger partial charge on any atom is -0.481 e. The second-order valence-electron chi connectivity index (χ2n) is 9.20. The minimum absolute atomic E-state index is 0.0806. The van der Waals surface area contributed by atoms with Gasteiger partial charge in [0.1, 0.15) is 17.0 Å². The highest BCUT2D eigenvalue weighted by Crippen LogP contribution is 2.32. The molecule has 1 fully saturated rings. The molecule has 13 heteroatoms. The Balaban J connectivity index is 1.70. The normalized spacial score (nSPS) is 16.5. The van der Waals surface area contributed by atoms with Gasteiger partial charge < -0.3 is 14.2 Å². The van der Waals surface area contributed by atoms with E-state index in [0.29, 0.717) is 49.3 Å². The highest BCUT2D eigenvalue weighted by Gasteiger charge is 2.36. The molecule has 12 nitrogen and oxygen atoms in total. The van der Waals surface area contributed by atoms with Crippen LogP contribution in [0.1, 0.15) is 57.1 Å². The number of nitrogens with one attached hydrogen (secondary N) is 1. The topological polar surface area (TPSA) is 143 Å². The van der Waals surface area contributed by atoms with E-state index < -0.39 is 21.4 Å². The second kappa shape index (κ2) is 11.5. The average Bonchev–Trinajstić information content (AvgIpc) is 3.30. The molecule has 0 spiro atoms. The van der Waals surface area contributed by atoms with Crippen LogP contribution in [0.25, 0.3) is 11.5 Å². The monoisotopic (exact) mass is 531 g/mol. The fourth-order valence-electron chi connectivity index (χ4n) is 4.08. The highest BCUT2D eigenvalue weighted by atomic mass is 32.2. The quantitative estimate of drug-likeness (QED) is 0.414. The summed E-state index contributed by atoms with van der Waals surface area (Å²) in [6, 6.07) is 5.23. The van der Waals surface area contributed by atoms with E-state index in [9.17, 15) is 8.42 Å². The molecule has 0 amide bonds. The largest absolute Gasteiger partial charge is 0.481 e. The molecule has 4 heterocycles. The Hall–Kier alpha value is -3.16. The summed E-state index contributed by atoms with van der Waals surface area (Å²) >= 11 is 0. The zero-order valence-electron chi connectivity index (χ0n) is 21.7. The van der Waals surface area contributed by atoms with Crippen molar-refractivity contribution < 1.29 is 22.6 Å². The van der Waals surface area contributed by atoms with Gasteiger partial charge in [-0.1, -0.05) is 6.07 Å². The molecule has 0 aliphatic carbocycles. The Bertz CT molecular complexity index is 1290. The third-order valence-corrected chi connectivity index (χ3v) is 7.73. The molecule has 4 rings (SSSR count). The van der Waals surface area contributed by atoms with E-state index >= 15 is 0 Å². The van der Waals surface area contributed by atoms with Crippen molar-refractivity contribution in [2.45, 2.75) is 64.0 Å². The van der Waals surface area contributed by atoms with Crippen molar-refractivity contribution in [3.63, 3.8) is 0 Å². The molecule has 2 atom stereocenters. The molecule has 1 saturated heterocycles. The Morgan fingerprint density at radius 3 is 2.46 bits per heavy atom. The lowest BCUT2D eigenvalue weighted by molar-refractivity contribution is 0.00152. The summed E-state index contributed by atoms with van der Waals surface area (Å²) in [6.07, 6.45) is 3.49. The maximum atomic E-state index is 13.7. The number of ether oxygens (including phenoxy) is 3. The molecule has 1 aliphatic heterocycles. The molecule has 1 N–H and O–H groups in total. The molecule has 3 aromatic rings. The average molecular weight is 532 g/mol. The number of methoxy groups -OCH3 is 1. The molecule has 0 radical (unpaired) electrons. The summed E-state index contributed by atoms with van der Waals surface area (Å²) in [7, 11) is -2.48. The van der Waals surface area contributed by atoms with Gasteiger partial charge in [0.2, 0.25) is 21.9 Å². The zero-order chi connectivity index (χ0) is 26.6. The zero-order valence-corrected chi connectivity index (χ0v) is 22.5. The molecule has 0 saturated carbocycles. The number of pyridine rings is 1. The number of hydrogen-bond donors (Lipinski definition) is 1. The van der Waals surface area contributed by atoms with Gasteiger partial charge in [-0.2, -0.15) is 0 Å². The van der Waals surface area contributed by atoms with Crippen molar-refractivity contribution in [1.82, 2.24) is 29.7 Å². The molecule has 1 aliphatic rings. The molecule has 37 heavy (non-hydrogen) atoms. The molecule has 3 aromatic heterocycles. The van der Waals surface area contributed by atoms with Crippen LogP contribution in [0.2, 0.25) is 0 Å². The summed E-state index contributed by atoms with van der Waals surface area (Å²) in [6.45, 7) is 8.20. The second-order valence-corrected chi connectivity index (χ2v) is 11.2. The number of aromatic nitrogens is 6. The van der Waals surface area contributed by atoms with Gasteiger partial charge in [0.15, 0.2) is 11.6 Å². The first-order valence-electron chi connectivity index (χ1n) is 12.2. The predicted molar refractivity (Wildman–Crippen MR) is 137 cm³/mol. The van der Waals surface area contributed by atoms with Gasteiger partial charge in [-0.05, 0) is 52.2 Å². The van der Waals surface area contributed by atoms with E-state index in [0.717, 1.165) is 5.56 Å². The number of nitrogens with zero attached hydrogens (tertiary/aromatic N) is 6. The fourth-order valence-corrected chi connectivity index (χ4v) is 5.18. The summed E-state index contributed by atoms with van der Waals surface area (Å²) in [4.78, 5) is 13.1. The first-order chi connectivity index (χ1) is 17.7. The van der Waals surface area contributed by atoms with Gasteiger partial charge in [-0.25, -0.2) is 23.4 Å². The molecule has 0 aromatic carbocycles. The number of hydrogen-bond acceptors (Lipinski definition) is 10. The van der Waals surface area contributed by atoms with Crippen molar-refractivity contribution in [3.05, 3.63) is 42.0 Å². The first kappa shape index (κ1) is 26.9. The lowest BCUT2D eigenvalue weighted by Crippen LogP contribution is -2.35.